The SMILES string of the molecule is CC(C)(C)c1noc([C@H]2C[C@H](F)CN2)n1.Cl. The first-order valence-electron chi connectivity index (χ1n) is 5.18. The van der Waals surface area contributed by atoms with Crippen LogP contribution in [0, 0.1) is 0 Å². The van der Waals surface area contributed by atoms with E-state index >= 15 is 0 Å². The lowest BCUT2D eigenvalue weighted by molar-refractivity contribution is 0.319. The first-order chi connectivity index (χ1) is 6.97. The summed E-state index contributed by atoms with van der Waals surface area (Å²) in [4.78, 5) is 4.29. The molecule has 0 unspecified atom stereocenters. The molecule has 0 radical (unpaired) electrons. The molecule has 0 aliphatic carbocycles. The molecule has 1 aliphatic heterocycles. The molecule has 16 heavy (non-hydrogen) atoms. The third-order valence-electron chi connectivity index (χ3n) is 2.49. The third kappa shape index (κ3) is 2.71. The number of nitrogens with one attached hydrogen (secondary N) is 1. The summed E-state index contributed by atoms with van der Waals surface area (Å²) in [5.41, 5.74) is -0.129. The van der Waals surface area contributed by atoms with Crippen molar-refractivity contribution < 1.29 is 8.91 Å². The molecule has 1 fully saturated rings. The standard InChI is InChI=1S/C10H16FN3O.ClH/c1-10(2,3)9-13-8(15-14-9)7-4-6(11)5-12-7;/h6-7,12H,4-5H2,1-3H3;1H/t6-,7+;/m0./s1. The first kappa shape index (κ1) is 13.4. The Balaban J connectivity index is 0.00000128. The maximum Gasteiger partial charge on any atom is 0.243 e. The van der Waals surface area contributed by atoms with Crippen LogP contribution in [0.25, 0.3) is 0 Å². The van der Waals surface area contributed by atoms with Crippen molar-refractivity contribution >= 4 is 12.4 Å². The van der Waals surface area contributed by atoms with E-state index in [2.05, 4.69) is 15.5 Å². The molecule has 2 heterocycles. The van der Waals surface area contributed by atoms with E-state index in [1.165, 1.54) is 0 Å². The summed E-state index contributed by atoms with van der Waals surface area (Å²) in [7, 11) is 0. The quantitative estimate of drug-likeness (QED) is 0.829. The van der Waals surface area contributed by atoms with Crippen molar-refractivity contribution in [3.63, 3.8) is 0 Å². The maximum absolute atomic E-state index is 12.9. The Bertz CT molecular complexity index is 350. The second kappa shape index (κ2) is 4.67. The van der Waals surface area contributed by atoms with Gasteiger partial charge in [-0.3, -0.25) is 0 Å². The Hall–Kier alpha value is -0.680. The van der Waals surface area contributed by atoms with Gasteiger partial charge in [0, 0.05) is 18.4 Å². The molecule has 4 nitrogen and oxygen atoms in total. The molecule has 1 aliphatic rings. The highest BCUT2D eigenvalue weighted by molar-refractivity contribution is 5.85. The molecule has 0 bridgehead atoms. The predicted molar refractivity (Wildman–Crippen MR) is 60.5 cm³/mol. The van der Waals surface area contributed by atoms with Crippen LogP contribution in [0.2, 0.25) is 0 Å². The van der Waals surface area contributed by atoms with Gasteiger partial charge in [0.1, 0.15) is 6.17 Å². The molecule has 0 spiro atoms. The van der Waals surface area contributed by atoms with E-state index in [4.69, 9.17) is 4.52 Å². The number of rotatable bonds is 1. The van der Waals surface area contributed by atoms with Gasteiger partial charge >= 0.3 is 0 Å². The number of aromatic nitrogens is 2. The van der Waals surface area contributed by atoms with Crippen LogP contribution in [-0.2, 0) is 5.41 Å². The van der Waals surface area contributed by atoms with Gasteiger partial charge in [-0.1, -0.05) is 25.9 Å². The van der Waals surface area contributed by atoms with E-state index in [1.807, 2.05) is 20.8 Å². The summed E-state index contributed by atoms with van der Waals surface area (Å²) in [5.74, 6) is 1.17. The third-order valence-corrected chi connectivity index (χ3v) is 2.49. The molecular formula is C10H17ClFN3O. The van der Waals surface area contributed by atoms with Crippen LogP contribution in [0.3, 0.4) is 0 Å². The van der Waals surface area contributed by atoms with Crippen molar-refractivity contribution in [1.82, 2.24) is 15.5 Å². The fourth-order valence-electron chi connectivity index (χ4n) is 1.56. The van der Waals surface area contributed by atoms with Gasteiger partial charge in [0.25, 0.3) is 0 Å². The van der Waals surface area contributed by atoms with Crippen LogP contribution in [0.4, 0.5) is 4.39 Å². The molecule has 1 N–H and O–H groups in total. The molecule has 6 heteroatoms. The van der Waals surface area contributed by atoms with E-state index in [0.717, 1.165) is 0 Å². The van der Waals surface area contributed by atoms with E-state index in [1.54, 1.807) is 0 Å². The minimum atomic E-state index is -0.806. The smallest absolute Gasteiger partial charge is 0.243 e. The van der Waals surface area contributed by atoms with E-state index < -0.39 is 6.17 Å². The van der Waals surface area contributed by atoms with Gasteiger partial charge in [-0.15, -0.1) is 12.4 Å². The van der Waals surface area contributed by atoms with Crippen molar-refractivity contribution in [1.29, 1.82) is 0 Å². The van der Waals surface area contributed by atoms with Gasteiger partial charge in [0.15, 0.2) is 5.82 Å². The molecule has 0 aromatic carbocycles. The Morgan fingerprint density at radius 2 is 2.12 bits per heavy atom. The Labute approximate surface area is 100 Å². The predicted octanol–water partition coefficient (Wildman–Crippen LogP) is 2.16. The highest BCUT2D eigenvalue weighted by Gasteiger charge is 2.30. The molecule has 92 valence electrons. The lowest BCUT2D eigenvalue weighted by Crippen LogP contribution is -2.16. The summed E-state index contributed by atoms with van der Waals surface area (Å²) >= 11 is 0. The zero-order valence-corrected chi connectivity index (χ0v) is 10.5. The maximum atomic E-state index is 12.9. The lowest BCUT2D eigenvalue weighted by Gasteiger charge is -2.11. The minimum Gasteiger partial charge on any atom is -0.338 e. The zero-order chi connectivity index (χ0) is 11.1. The van der Waals surface area contributed by atoms with Gasteiger partial charge in [0.05, 0.1) is 6.04 Å². The van der Waals surface area contributed by atoms with Crippen molar-refractivity contribution in [2.24, 2.45) is 0 Å². The van der Waals surface area contributed by atoms with E-state index in [9.17, 15) is 4.39 Å². The molecule has 1 saturated heterocycles. The summed E-state index contributed by atoms with van der Waals surface area (Å²) in [6, 6.07) is -0.122. The fourth-order valence-corrected chi connectivity index (χ4v) is 1.56. The number of hydrogen-bond donors (Lipinski definition) is 1. The fraction of sp³-hybridized carbons (Fsp3) is 0.800. The summed E-state index contributed by atoms with van der Waals surface area (Å²) in [6.07, 6.45) is -0.383. The largest absolute Gasteiger partial charge is 0.338 e. The average molecular weight is 250 g/mol. The van der Waals surface area contributed by atoms with Gasteiger partial charge in [-0.05, 0) is 0 Å². The molecule has 0 amide bonds. The van der Waals surface area contributed by atoms with E-state index in [0.29, 0.717) is 24.7 Å². The van der Waals surface area contributed by atoms with Gasteiger partial charge in [-0.2, -0.15) is 4.98 Å². The highest BCUT2D eigenvalue weighted by Crippen LogP contribution is 2.26. The Morgan fingerprint density at radius 1 is 1.44 bits per heavy atom. The summed E-state index contributed by atoms with van der Waals surface area (Å²) in [6.45, 7) is 6.42. The van der Waals surface area contributed by atoms with Crippen LogP contribution in [0.15, 0.2) is 4.52 Å². The second-order valence-electron chi connectivity index (χ2n) is 5.00. The Morgan fingerprint density at radius 3 is 2.56 bits per heavy atom. The zero-order valence-electron chi connectivity index (χ0n) is 9.66. The van der Waals surface area contributed by atoms with Gasteiger partial charge < -0.3 is 9.84 Å². The van der Waals surface area contributed by atoms with Crippen molar-refractivity contribution in [2.75, 3.05) is 6.54 Å². The normalized spacial score (nSPS) is 25.5. The Kier molecular flexibility index (Phi) is 3.91. The highest BCUT2D eigenvalue weighted by atomic mass is 35.5. The monoisotopic (exact) mass is 249 g/mol. The van der Waals surface area contributed by atoms with Crippen LogP contribution in [-0.4, -0.2) is 22.9 Å². The second-order valence-corrected chi connectivity index (χ2v) is 5.00. The van der Waals surface area contributed by atoms with Crippen LogP contribution >= 0.6 is 12.4 Å². The van der Waals surface area contributed by atoms with Gasteiger partial charge in [-0.25, -0.2) is 4.39 Å². The molecule has 0 saturated carbocycles. The molecule has 1 aromatic rings. The van der Waals surface area contributed by atoms with Crippen LogP contribution in [0.5, 0.6) is 0 Å². The number of nitrogens with zero attached hydrogens (tertiary/aromatic N) is 2. The van der Waals surface area contributed by atoms with Crippen LogP contribution < -0.4 is 5.32 Å². The minimum absolute atomic E-state index is 0. The summed E-state index contributed by atoms with van der Waals surface area (Å²) in [5, 5.41) is 6.92. The molecular weight excluding hydrogens is 233 g/mol. The topological polar surface area (TPSA) is 51.0 Å². The number of hydrogen-bond acceptors (Lipinski definition) is 4. The lowest BCUT2D eigenvalue weighted by atomic mass is 9.96. The van der Waals surface area contributed by atoms with Crippen molar-refractivity contribution in [2.45, 2.75) is 44.8 Å². The summed E-state index contributed by atoms with van der Waals surface area (Å²) < 4.78 is 18.1. The molecule has 2 atom stereocenters. The van der Waals surface area contributed by atoms with Crippen LogP contribution in [0.1, 0.15) is 44.9 Å². The first-order valence-corrected chi connectivity index (χ1v) is 5.18. The molecule has 1 aromatic heterocycles. The molecule has 2 rings (SSSR count). The van der Waals surface area contributed by atoms with E-state index in [-0.39, 0.29) is 23.9 Å². The van der Waals surface area contributed by atoms with Crippen molar-refractivity contribution in [3.8, 4) is 0 Å². The number of halogens is 2. The van der Waals surface area contributed by atoms with Crippen molar-refractivity contribution in [3.05, 3.63) is 11.7 Å². The number of alkyl halides is 1. The van der Waals surface area contributed by atoms with Gasteiger partial charge in [0.2, 0.25) is 5.89 Å². The average Bonchev–Trinajstić information content (AvgIpc) is 2.69.